The average molecular weight is 693 g/mol. The van der Waals surface area contributed by atoms with Crippen LogP contribution in [0, 0.1) is 27.7 Å². The fraction of sp³-hybridized carbons (Fsp3) is 0.617. The second kappa shape index (κ2) is 18.1. The van der Waals surface area contributed by atoms with Crippen molar-refractivity contribution in [2.45, 2.75) is 172 Å². The van der Waals surface area contributed by atoms with Crippen LogP contribution >= 0.6 is 0 Å². The van der Waals surface area contributed by atoms with Crippen LogP contribution < -0.4 is 9.47 Å². The lowest BCUT2D eigenvalue weighted by Gasteiger charge is -2.26. The van der Waals surface area contributed by atoms with Crippen molar-refractivity contribution >= 4 is 12.4 Å². The molecule has 6 rings (SSSR count). The van der Waals surface area contributed by atoms with Gasteiger partial charge in [0.2, 0.25) is 12.1 Å². The molecule has 4 nitrogen and oxygen atoms in total. The lowest BCUT2D eigenvalue weighted by atomic mass is 9.86. The van der Waals surface area contributed by atoms with E-state index in [1.807, 2.05) is 0 Å². The Morgan fingerprint density at radius 3 is 1.35 bits per heavy atom. The fourth-order valence-electron chi connectivity index (χ4n) is 9.81. The molecule has 0 spiro atoms. The van der Waals surface area contributed by atoms with Gasteiger partial charge in [-0.2, -0.15) is 0 Å². The first-order chi connectivity index (χ1) is 25.0. The van der Waals surface area contributed by atoms with Crippen molar-refractivity contribution in [3.8, 4) is 11.5 Å². The number of rotatable bonds is 16. The van der Waals surface area contributed by atoms with E-state index in [-0.39, 0.29) is 0 Å². The van der Waals surface area contributed by atoms with Crippen molar-refractivity contribution in [1.82, 2.24) is 0 Å². The standard InChI is InChI=1S/C47H68N2O2/c1-7-13-19-36(20-14-8-2)38-25-34(11-5)46-40(27-38)30-48-42(32-50-46)29-43-33-51-47-35(12-6)26-39(37(21-15-9-3)22-16-10-4)28-41(47)31-49(43)45-24-18-17-23-44(45)48/h25-28,30-31,36-37,42-45H,1-4,7-24,29,32-33H2,5-6H3/q+6. The highest BCUT2D eigenvalue weighted by Crippen LogP contribution is 2.40. The number of ether oxygens (including phenoxy) is 2. The van der Waals surface area contributed by atoms with Gasteiger partial charge in [0, 0.05) is 12.8 Å². The van der Waals surface area contributed by atoms with Gasteiger partial charge in [-0.15, -0.1) is 0 Å². The van der Waals surface area contributed by atoms with Gasteiger partial charge in [0.25, 0.3) is 0 Å². The summed E-state index contributed by atoms with van der Waals surface area (Å²) in [4.78, 5) is 0. The molecule has 1 saturated heterocycles. The summed E-state index contributed by atoms with van der Waals surface area (Å²) in [6, 6.07) is 11.5. The van der Waals surface area contributed by atoms with Gasteiger partial charge in [0.1, 0.15) is 24.7 Å². The van der Waals surface area contributed by atoms with Crippen LogP contribution in [0.5, 0.6) is 11.5 Å². The second-order valence-electron chi connectivity index (χ2n) is 16.0. The topological polar surface area (TPSA) is 24.5 Å². The largest absolute Gasteiger partial charge is 0.486 e. The summed E-state index contributed by atoms with van der Waals surface area (Å²) in [7, 11) is 0. The first-order valence-corrected chi connectivity index (χ1v) is 21.0. The van der Waals surface area contributed by atoms with E-state index >= 15 is 0 Å². The van der Waals surface area contributed by atoms with Crippen molar-refractivity contribution in [3.63, 3.8) is 0 Å². The molecule has 0 aromatic heterocycles. The molecule has 4 aliphatic rings. The number of aryl methyl sites for hydroxylation is 2. The van der Waals surface area contributed by atoms with E-state index in [9.17, 15) is 0 Å². The molecule has 272 valence electrons. The lowest BCUT2D eigenvalue weighted by Crippen LogP contribution is -2.48. The van der Waals surface area contributed by atoms with Crippen LogP contribution in [0.3, 0.4) is 0 Å². The summed E-state index contributed by atoms with van der Waals surface area (Å²) in [5, 5.41) is 0. The number of unbranched alkanes of at least 4 members (excludes halogenated alkanes) is 4. The Hall–Kier alpha value is -3.14. The maximum Gasteiger partial charge on any atom is 0.213 e. The Labute approximate surface area is 312 Å². The highest BCUT2D eigenvalue weighted by molar-refractivity contribution is 5.83. The maximum absolute atomic E-state index is 6.92. The molecule has 0 N–H and O–H groups in total. The minimum Gasteiger partial charge on any atom is -0.486 e. The van der Waals surface area contributed by atoms with E-state index < -0.39 is 0 Å². The van der Waals surface area contributed by atoms with Gasteiger partial charge in [-0.25, -0.2) is 9.15 Å². The number of hydrogen-bond acceptors (Lipinski definition) is 2. The van der Waals surface area contributed by atoms with Crippen LogP contribution in [-0.4, -0.2) is 59.0 Å². The Balaban J connectivity index is 1.41. The van der Waals surface area contributed by atoms with Crippen molar-refractivity contribution in [1.29, 1.82) is 0 Å². The van der Waals surface area contributed by atoms with E-state index in [1.165, 1.54) is 110 Å². The SMILES string of the molecule is [CH2+]CCCC(CCC[CH2+])c1cc2c(c(CC)c1)OCC1CC3COc4c(cc(C(CCC[CH2+])CCC[CH2+])cc4CC)C=[N+]3C3CCCCC3[N+]1=C2. The summed E-state index contributed by atoms with van der Waals surface area (Å²) >= 11 is 0. The molecule has 4 atom stereocenters. The first-order valence-electron chi connectivity index (χ1n) is 21.0. The highest BCUT2D eigenvalue weighted by atomic mass is 16.5. The van der Waals surface area contributed by atoms with E-state index in [2.05, 4.69) is 87.4 Å². The minimum absolute atomic E-state index is 0.313. The summed E-state index contributed by atoms with van der Waals surface area (Å²) < 4.78 is 19.4. The van der Waals surface area contributed by atoms with Gasteiger partial charge in [0.05, 0.1) is 70.9 Å². The molecule has 4 unspecified atom stereocenters. The molecule has 2 fully saturated rings. The molecule has 2 aromatic rings. The van der Waals surface area contributed by atoms with Crippen molar-refractivity contribution in [2.75, 3.05) is 13.2 Å². The van der Waals surface area contributed by atoms with Crippen LogP contribution in [0.25, 0.3) is 0 Å². The molecular formula is C47H68N2O2+6. The van der Waals surface area contributed by atoms with E-state index in [0.29, 0.717) is 36.0 Å². The Bertz CT molecular complexity index is 1380. The zero-order valence-corrected chi connectivity index (χ0v) is 32.3. The van der Waals surface area contributed by atoms with Crippen LogP contribution in [0.2, 0.25) is 0 Å². The van der Waals surface area contributed by atoms with E-state index in [0.717, 1.165) is 69.7 Å². The third kappa shape index (κ3) is 8.42. The van der Waals surface area contributed by atoms with Gasteiger partial charge in [0.15, 0.2) is 24.5 Å². The van der Waals surface area contributed by atoms with Crippen molar-refractivity contribution in [2.24, 2.45) is 0 Å². The lowest BCUT2D eigenvalue weighted by molar-refractivity contribution is -0.656. The maximum atomic E-state index is 6.92. The molecule has 51 heavy (non-hydrogen) atoms. The molecule has 0 amide bonds. The minimum atomic E-state index is 0.313. The fourth-order valence-corrected chi connectivity index (χ4v) is 9.81. The number of hydrogen-bond donors (Lipinski definition) is 0. The van der Waals surface area contributed by atoms with Crippen molar-refractivity contribution in [3.05, 3.63) is 85.3 Å². The summed E-state index contributed by atoms with van der Waals surface area (Å²) in [5.41, 5.74) is 8.28. The number of benzene rings is 2. The molecule has 3 heterocycles. The second-order valence-corrected chi connectivity index (χ2v) is 16.0. The predicted octanol–water partition coefficient (Wildman–Crippen LogP) is 10.8. The Kier molecular flexibility index (Phi) is 13.3. The summed E-state index contributed by atoms with van der Waals surface area (Å²) in [5.74, 6) is 3.36. The molecule has 0 radical (unpaired) electrons. The Morgan fingerprint density at radius 2 is 1.00 bits per heavy atom. The first kappa shape index (κ1) is 37.6. The monoisotopic (exact) mass is 693 g/mol. The van der Waals surface area contributed by atoms with Gasteiger partial charge < -0.3 is 9.47 Å². The molecule has 1 aliphatic carbocycles. The van der Waals surface area contributed by atoms with Crippen molar-refractivity contribution < 1.29 is 18.6 Å². The van der Waals surface area contributed by atoms with Crippen LogP contribution in [0.4, 0.5) is 0 Å². The quantitative estimate of drug-likeness (QED) is 0.129. The smallest absolute Gasteiger partial charge is 0.213 e. The molecule has 4 heteroatoms. The number of fused-ring (bicyclic) bond motifs is 7. The molecule has 3 aliphatic heterocycles. The zero-order chi connectivity index (χ0) is 35.7. The van der Waals surface area contributed by atoms with Crippen LogP contribution in [0.1, 0.15) is 168 Å². The zero-order valence-electron chi connectivity index (χ0n) is 32.3. The molecule has 2 aromatic carbocycles. The van der Waals surface area contributed by atoms with Crippen LogP contribution in [-0.2, 0) is 12.8 Å². The van der Waals surface area contributed by atoms with Crippen LogP contribution in [0.15, 0.2) is 24.3 Å². The third-order valence-corrected chi connectivity index (χ3v) is 12.6. The summed E-state index contributed by atoms with van der Waals surface area (Å²) in [6.07, 6.45) is 26.6. The summed E-state index contributed by atoms with van der Waals surface area (Å²) in [6.45, 7) is 22.7. The predicted molar refractivity (Wildman–Crippen MR) is 214 cm³/mol. The van der Waals surface area contributed by atoms with Gasteiger partial charge in [-0.05, 0) is 123 Å². The highest BCUT2D eigenvalue weighted by Gasteiger charge is 2.52. The van der Waals surface area contributed by atoms with Gasteiger partial charge >= 0.3 is 0 Å². The van der Waals surface area contributed by atoms with Gasteiger partial charge in [-0.3, -0.25) is 0 Å². The normalized spacial score (nSPS) is 22.5. The molecular weight excluding hydrogens is 625 g/mol. The van der Waals surface area contributed by atoms with Gasteiger partial charge in [-0.1, -0.05) is 26.0 Å². The van der Waals surface area contributed by atoms with E-state index in [4.69, 9.17) is 9.47 Å². The number of nitrogens with zero attached hydrogens (tertiary/aromatic N) is 2. The molecule has 0 bridgehead atoms. The third-order valence-electron chi connectivity index (χ3n) is 12.6. The Morgan fingerprint density at radius 1 is 0.608 bits per heavy atom. The average Bonchev–Trinajstić information content (AvgIpc) is 3.51. The van der Waals surface area contributed by atoms with E-state index in [1.54, 1.807) is 0 Å². The molecule has 1 saturated carbocycles.